The van der Waals surface area contributed by atoms with Crippen LogP contribution < -0.4 is 10.6 Å². The Morgan fingerprint density at radius 3 is 2.31 bits per heavy atom. The molecule has 0 atom stereocenters. The molecule has 2 heterocycles. The van der Waals surface area contributed by atoms with Gasteiger partial charge in [0, 0.05) is 49.4 Å². The van der Waals surface area contributed by atoms with Gasteiger partial charge in [0.25, 0.3) is 0 Å². The van der Waals surface area contributed by atoms with Crippen molar-refractivity contribution >= 4 is 0 Å². The maximum absolute atomic E-state index is 3.68. The van der Waals surface area contributed by atoms with Crippen molar-refractivity contribution in [1.82, 2.24) is 15.5 Å². The molecule has 2 aliphatic rings. The molecule has 2 N–H and O–H groups in total. The molecule has 3 nitrogen and oxygen atoms in total. The van der Waals surface area contributed by atoms with Crippen molar-refractivity contribution in [2.24, 2.45) is 0 Å². The van der Waals surface area contributed by atoms with Crippen LogP contribution in [0.5, 0.6) is 0 Å². The van der Waals surface area contributed by atoms with Crippen molar-refractivity contribution in [3.63, 3.8) is 0 Å². The first kappa shape index (κ1) is 11.9. The van der Waals surface area contributed by atoms with E-state index < -0.39 is 0 Å². The molecule has 0 aromatic rings. The number of hydrogen-bond acceptors (Lipinski definition) is 3. The predicted octanol–water partition coefficient (Wildman–Crippen LogP) is 1.33. The van der Waals surface area contributed by atoms with Gasteiger partial charge in [0.05, 0.1) is 0 Å². The van der Waals surface area contributed by atoms with Crippen LogP contribution in [0.4, 0.5) is 0 Å². The van der Waals surface area contributed by atoms with Crippen LogP contribution in [0.3, 0.4) is 0 Å². The summed E-state index contributed by atoms with van der Waals surface area (Å²) in [5.74, 6) is 0. The van der Waals surface area contributed by atoms with Gasteiger partial charge in [-0.15, -0.1) is 0 Å². The summed E-state index contributed by atoms with van der Waals surface area (Å²) in [7, 11) is 0. The minimum absolute atomic E-state index is 0.113. The SMILES string of the molecule is CC1(C)C=C(N2CCNCC2)CC(C)(C)N1. The Kier molecular flexibility index (Phi) is 3.01. The Bertz CT molecular complexity index is 286. The number of nitrogens with zero attached hydrogens (tertiary/aromatic N) is 1. The highest BCUT2D eigenvalue weighted by Gasteiger charge is 2.33. The second kappa shape index (κ2) is 4.04. The summed E-state index contributed by atoms with van der Waals surface area (Å²) < 4.78 is 0. The molecule has 0 radical (unpaired) electrons. The van der Waals surface area contributed by atoms with E-state index in [4.69, 9.17) is 0 Å². The molecular formula is C13H25N3. The minimum Gasteiger partial charge on any atom is -0.372 e. The second-order valence-electron chi connectivity index (χ2n) is 6.28. The zero-order valence-corrected chi connectivity index (χ0v) is 11.1. The molecule has 0 spiro atoms. The zero-order chi connectivity index (χ0) is 11.8. The van der Waals surface area contributed by atoms with Crippen molar-refractivity contribution in [3.8, 4) is 0 Å². The Morgan fingerprint density at radius 2 is 1.75 bits per heavy atom. The van der Waals surface area contributed by atoms with Crippen molar-refractivity contribution < 1.29 is 0 Å². The lowest BCUT2D eigenvalue weighted by Crippen LogP contribution is -2.56. The molecule has 2 rings (SSSR count). The molecule has 3 heteroatoms. The predicted molar refractivity (Wildman–Crippen MR) is 68.4 cm³/mol. The zero-order valence-electron chi connectivity index (χ0n) is 11.1. The largest absolute Gasteiger partial charge is 0.372 e. The fourth-order valence-corrected chi connectivity index (χ4v) is 3.03. The highest BCUT2D eigenvalue weighted by molar-refractivity contribution is 5.20. The van der Waals surface area contributed by atoms with Crippen LogP contribution in [0.25, 0.3) is 0 Å². The first-order chi connectivity index (χ1) is 7.38. The summed E-state index contributed by atoms with van der Waals surface area (Å²) >= 11 is 0. The number of piperazine rings is 1. The first-order valence-corrected chi connectivity index (χ1v) is 6.35. The third kappa shape index (κ3) is 2.77. The van der Waals surface area contributed by atoms with Crippen molar-refractivity contribution in [3.05, 3.63) is 11.8 Å². The first-order valence-electron chi connectivity index (χ1n) is 6.35. The van der Waals surface area contributed by atoms with Crippen LogP contribution in [0.2, 0.25) is 0 Å². The molecule has 0 unspecified atom stereocenters. The molecule has 0 bridgehead atoms. The van der Waals surface area contributed by atoms with Crippen LogP contribution in [-0.2, 0) is 0 Å². The van der Waals surface area contributed by atoms with Gasteiger partial charge in [-0.05, 0) is 33.8 Å². The second-order valence-corrected chi connectivity index (χ2v) is 6.28. The molecule has 0 saturated carbocycles. The molecule has 92 valence electrons. The number of nitrogens with one attached hydrogen (secondary N) is 2. The van der Waals surface area contributed by atoms with E-state index in [1.54, 1.807) is 0 Å². The van der Waals surface area contributed by atoms with E-state index >= 15 is 0 Å². The number of hydrogen-bond donors (Lipinski definition) is 2. The van der Waals surface area contributed by atoms with E-state index in [2.05, 4.69) is 49.3 Å². The molecule has 2 aliphatic heterocycles. The van der Waals surface area contributed by atoms with Gasteiger partial charge in [-0.2, -0.15) is 0 Å². The lowest BCUT2D eigenvalue weighted by atomic mass is 9.86. The van der Waals surface area contributed by atoms with Crippen LogP contribution in [0, 0.1) is 0 Å². The maximum atomic E-state index is 3.68. The van der Waals surface area contributed by atoms with E-state index in [0.717, 1.165) is 32.6 Å². The van der Waals surface area contributed by atoms with E-state index in [-0.39, 0.29) is 11.1 Å². The van der Waals surface area contributed by atoms with Gasteiger partial charge in [0.1, 0.15) is 0 Å². The molecule has 1 fully saturated rings. The van der Waals surface area contributed by atoms with Gasteiger partial charge >= 0.3 is 0 Å². The van der Waals surface area contributed by atoms with Gasteiger partial charge < -0.3 is 15.5 Å². The Morgan fingerprint density at radius 1 is 1.12 bits per heavy atom. The third-order valence-corrected chi connectivity index (χ3v) is 3.33. The maximum Gasteiger partial charge on any atom is 0.0331 e. The average molecular weight is 223 g/mol. The Labute approximate surface area is 99.3 Å². The molecule has 1 saturated heterocycles. The van der Waals surface area contributed by atoms with E-state index in [1.807, 2.05) is 0 Å². The monoisotopic (exact) mass is 223 g/mol. The molecule has 0 aromatic carbocycles. The molecule has 16 heavy (non-hydrogen) atoms. The Balaban J connectivity index is 2.16. The van der Waals surface area contributed by atoms with Crippen molar-refractivity contribution in [1.29, 1.82) is 0 Å². The van der Waals surface area contributed by atoms with Crippen LogP contribution in [0.15, 0.2) is 11.8 Å². The molecule has 0 aromatic heterocycles. The summed E-state index contributed by atoms with van der Waals surface area (Å²) in [6.07, 6.45) is 3.54. The Hall–Kier alpha value is -0.540. The van der Waals surface area contributed by atoms with Gasteiger partial charge in [-0.25, -0.2) is 0 Å². The summed E-state index contributed by atoms with van der Waals surface area (Å²) in [5.41, 5.74) is 1.84. The smallest absolute Gasteiger partial charge is 0.0331 e. The minimum atomic E-state index is 0.113. The van der Waals surface area contributed by atoms with Gasteiger partial charge in [-0.1, -0.05) is 0 Å². The third-order valence-electron chi connectivity index (χ3n) is 3.33. The summed E-state index contributed by atoms with van der Waals surface area (Å²) in [5, 5.41) is 7.09. The van der Waals surface area contributed by atoms with E-state index in [9.17, 15) is 0 Å². The lowest BCUT2D eigenvalue weighted by Gasteiger charge is -2.45. The summed E-state index contributed by atoms with van der Waals surface area (Å²) in [6.45, 7) is 13.6. The molecular weight excluding hydrogens is 198 g/mol. The van der Waals surface area contributed by atoms with Crippen LogP contribution >= 0.6 is 0 Å². The van der Waals surface area contributed by atoms with Gasteiger partial charge in [0.2, 0.25) is 0 Å². The van der Waals surface area contributed by atoms with E-state index in [1.165, 1.54) is 5.70 Å². The number of rotatable bonds is 1. The highest BCUT2D eigenvalue weighted by Crippen LogP contribution is 2.29. The van der Waals surface area contributed by atoms with Crippen molar-refractivity contribution in [2.75, 3.05) is 26.2 Å². The fraction of sp³-hybridized carbons (Fsp3) is 0.846. The van der Waals surface area contributed by atoms with Crippen LogP contribution in [-0.4, -0.2) is 42.2 Å². The molecule has 0 aliphatic carbocycles. The van der Waals surface area contributed by atoms with Gasteiger partial charge in [0.15, 0.2) is 0 Å². The van der Waals surface area contributed by atoms with E-state index in [0.29, 0.717) is 0 Å². The highest BCUT2D eigenvalue weighted by atomic mass is 15.2. The lowest BCUT2D eigenvalue weighted by molar-refractivity contribution is 0.217. The topological polar surface area (TPSA) is 27.3 Å². The summed E-state index contributed by atoms with van der Waals surface area (Å²) in [6, 6.07) is 0. The molecule has 0 amide bonds. The fourth-order valence-electron chi connectivity index (χ4n) is 3.03. The van der Waals surface area contributed by atoms with Crippen molar-refractivity contribution in [2.45, 2.75) is 45.2 Å². The normalized spacial score (nSPS) is 28.8. The quantitative estimate of drug-likeness (QED) is 0.702. The standard InChI is InChI=1S/C13H25N3/c1-12(2)9-11(10-13(3,4)15-12)16-7-5-14-6-8-16/h9,14-15H,5-8,10H2,1-4H3. The average Bonchev–Trinajstić information content (AvgIpc) is 2.14. The summed E-state index contributed by atoms with van der Waals surface area (Å²) in [4.78, 5) is 2.54. The van der Waals surface area contributed by atoms with Crippen LogP contribution in [0.1, 0.15) is 34.1 Å². The van der Waals surface area contributed by atoms with Gasteiger partial charge in [-0.3, -0.25) is 0 Å².